The number of rotatable bonds is 5. The van der Waals surface area contributed by atoms with Gasteiger partial charge in [0.2, 0.25) is 5.91 Å². The number of nitrogens with one attached hydrogen (secondary N) is 1. The van der Waals surface area contributed by atoms with Crippen LogP contribution >= 0.6 is 0 Å². The van der Waals surface area contributed by atoms with Gasteiger partial charge in [0.25, 0.3) is 0 Å². The van der Waals surface area contributed by atoms with Crippen LogP contribution in [0.4, 0.5) is 0 Å². The lowest BCUT2D eigenvalue weighted by Crippen LogP contribution is -2.40. The molecule has 146 valence electrons. The zero-order valence-corrected chi connectivity index (χ0v) is 16.2. The Hall–Kier alpha value is -2.04. The second-order valence-corrected chi connectivity index (χ2v) is 8.33. The van der Waals surface area contributed by atoms with Crippen LogP contribution in [-0.4, -0.2) is 33.4 Å². The third kappa shape index (κ3) is 4.12. The molecule has 1 N–H and O–H groups in total. The van der Waals surface area contributed by atoms with Gasteiger partial charge in [0.15, 0.2) is 0 Å². The van der Waals surface area contributed by atoms with Crippen LogP contribution in [0.2, 0.25) is 0 Å². The summed E-state index contributed by atoms with van der Waals surface area (Å²) >= 11 is 0. The molecule has 1 aliphatic carbocycles. The Morgan fingerprint density at radius 1 is 1.04 bits per heavy atom. The minimum Gasteiger partial charge on any atom is -0.343 e. The summed E-state index contributed by atoms with van der Waals surface area (Å²) in [6, 6.07) is 8.03. The molecule has 1 saturated carbocycles. The zero-order chi connectivity index (χ0) is 18.6. The Bertz CT molecular complexity index is 823. The lowest BCUT2D eigenvalue weighted by molar-refractivity contribution is -0.132. The number of amides is 1. The second-order valence-electron chi connectivity index (χ2n) is 8.33. The third-order valence-corrected chi connectivity index (χ3v) is 6.53. The standard InChI is InChI=1S/C22H31N3O2/c26-21(12-6-9-17-7-2-1-3-8-17)24-15-13-18(14-16-24)25-20-11-5-4-10-19(20)23-22(25)27/h4-5,10-11,17-18H,1-3,6-9,12-16H2,(H,23,27). The second kappa shape index (κ2) is 8.32. The summed E-state index contributed by atoms with van der Waals surface area (Å²) in [5, 5.41) is 0. The molecule has 2 fully saturated rings. The monoisotopic (exact) mass is 369 g/mol. The molecular formula is C22H31N3O2. The smallest absolute Gasteiger partial charge is 0.326 e. The minimum absolute atomic E-state index is 0.0338. The summed E-state index contributed by atoms with van der Waals surface area (Å²) in [5.74, 6) is 1.15. The van der Waals surface area contributed by atoms with Crippen molar-refractivity contribution < 1.29 is 4.79 Å². The quantitative estimate of drug-likeness (QED) is 0.857. The first-order valence-corrected chi connectivity index (χ1v) is 10.7. The number of aromatic amines is 1. The summed E-state index contributed by atoms with van der Waals surface area (Å²) in [7, 11) is 0. The molecule has 0 bridgehead atoms. The van der Waals surface area contributed by atoms with Gasteiger partial charge in [0.05, 0.1) is 11.0 Å². The van der Waals surface area contributed by atoms with Crippen molar-refractivity contribution in [2.24, 2.45) is 5.92 Å². The molecule has 1 aromatic heterocycles. The zero-order valence-electron chi connectivity index (χ0n) is 16.2. The number of benzene rings is 1. The molecule has 5 nitrogen and oxygen atoms in total. The van der Waals surface area contributed by atoms with E-state index in [1.807, 2.05) is 33.7 Å². The molecule has 2 aliphatic rings. The maximum absolute atomic E-state index is 12.6. The highest BCUT2D eigenvalue weighted by molar-refractivity contribution is 5.76. The van der Waals surface area contributed by atoms with Gasteiger partial charge < -0.3 is 9.88 Å². The number of piperidine rings is 1. The molecule has 2 heterocycles. The van der Waals surface area contributed by atoms with Crippen LogP contribution in [0.3, 0.4) is 0 Å². The molecule has 0 atom stereocenters. The van der Waals surface area contributed by atoms with E-state index in [4.69, 9.17) is 0 Å². The Balaban J connectivity index is 1.28. The number of H-pyrrole nitrogens is 1. The van der Waals surface area contributed by atoms with Gasteiger partial charge in [-0.15, -0.1) is 0 Å². The summed E-state index contributed by atoms with van der Waals surface area (Å²) < 4.78 is 1.89. The van der Waals surface area contributed by atoms with Crippen molar-refractivity contribution in [1.29, 1.82) is 0 Å². The highest BCUT2D eigenvalue weighted by Gasteiger charge is 2.26. The molecule has 2 aromatic rings. The van der Waals surface area contributed by atoms with Crippen molar-refractivity contribution in [3.8, 4) is 0 Å². The number of hydrogen-bond donors (Lipinski definition) is 1. The van der Waals surface area contributed by atoms with E-state index in [0.717, 1.165) is 49.3 Å². The minimum atomic E-state index is -0.0338. The van der Waals surface area contributed by atoms with Gasteiger partial charge in [-0.25, -0.2) is 4.79 Å². The number of carbonyl (C=O) groups is 1. The fraction of sp³-hybridized carbons (Fsp3) is 0.636. The number of hydrogen-bond acceptors (Lipinski definition) is 2. The molecule has 1 aromatic carbocycles. The van der Waals surface area contributed by atoms with Crippen LogP contribution < -0.4 is 5.69 Å². The number of likely N-dealkylation sites (tertiary alicyclic amines) is 1. The van der Waals surface area contributed by atoms with Crippen LogP contribution in [0.25, 0.3) is 11.0 Å². The van der Waals surface area contributed by atoms with Gasteiger partial charge >= 0.3 is 5.69 Å². The fourth-order valence-electron chi connectivity index (χ4n) is 4.99. The average molecular weight is 370 g/mol. The first-order chi connectivity index (χ1) is 13.2. The topological polar surface area (TPSA) is 58.1 Å². The van der Waals surface area contributed by atoms with E-state index in [-0.39, 0.29) is 11.7 Å². The van der Waals surface area contributed by atoms with Crippen LogP contribution in [0.5, 0.6) is 0 Å². The SMILES string of the molecule is O=C(CCCC1CCCCC1)N1CCC(n2c(=O)[nH]c3ccccc32)CC1. The van der Waals surface area contributed by atoms with Crippen molar-refractivity contribution in [3.63, 3.8) is 0 Å². The largest absolute Gasteiger partial charge is 0.343 e. The van der Waals surface area contributed by atoms with Crippen molar-refractivity contribution >= 4 is 16.9 Å². The maximum atomic E-state index is 12.6. The van der Waals surface area contributed by atoms with Crippen LogP contribution in [0, 0.1) is 5.92 Å². The molecule has 0 radical (unpaired) electrons. The Morgan fingerprint density at radius 2 is 1.78 bits per heavy atom. The van der Waals surface area contributed by atoms with Crippen LogP contribution in [0.15, 0.2) is 29.1 Å². The van der Waals surface area contributed by atoms with E-state index in [2.05, 4.69) is 4.98 Å². The maximum Gasteiger partial charge on any atom is 0.326 e. The third-order valence-electron chi connectivity index (χ3n) is 6.53. The van der Waals surface area contributed by atoms with Gasteiger partial charge in [0, 0.05) is 25.6 Å². The summed E-state index contributed by atoms with van der Waals surface area (Å²) in [4.78, 5) is 29.9. The molecule has 1 amide bonds. The summed E-state index contributed by atoms with van der Waals surface area (Å²) in [6.07, 6.45) is 11.5. The highest BCUT2D eigenvalue weighted by atomic mass is 16.2. The number of nitrogens with zero attached hydrogens (tertiary/aromatic N) is 2. The normalized spacial score (nSPS) is 19.6. The number of aromatic nitrogens is 2. The van der Waals surface area contributed by atoms with Gasteiger partial charge in [-0.05, 0) is 43.7 Å². The van der Waals surface area contributed by atoms with Gasteiger partial charge in [-0.1, -0.05) is 44.2 Å². The fourth-order valence-corrected chi connectivity index (χ4v) is 4.99. The Morgan fingerprint density at radius 3 is 2.56 bits per heavy atom. The first-order valence-electron chi connectivity index (χ1n) is 10.7. The summed E-state index contributed by atoms with van der Waals surface area (Å²) in [5.41, 5.74) is 1.83. The van der Waals surface area contributed by atoms with E-state index >= 15 is 0 Å². The Labute approximate surface area is 160 Å². The number of imidazole rings is 1. The molecule has 0 unspecified atom stereocenters. The highest BCUT2D eigenvalue weighted by Crippen LogP contribution is 2.28. The lowest BCUT2D eigenvalue weighted by atomic mass is 9.86. The van der Waals surface area contributed by atoms with E-state index < -0.39 is 0 Å². The average Bonchev–Trinajstić information content (AvgIpc) is 3.04. The number of carbonyl (C=O) groups excluding carboxylic acids is 1. The van der Waals surface area contributed by atoms with Crippen molar-refractivity contribution in [2.75, 3.05) is 13.1 Å². The molecule has 0 spiro atoms. The van der Waals surface area contributed by atoms with Crippen LogP contribution in [-0.2, 0) is 4.79 Å². The van der Waals surface area contributed by atoms with E-state index in [9.17, 15) is 9.59 Å². The van der Waals surface area contributed by atoms with Gasteiger partial charge in [0.1, 0.15) is 0 Å². The Kier molecular flexibility index (Phi) is 5.65. The first kappa shape index (κ1) is 18.3. The summed E-state index contributed by atoms with van der Waals surface area (Å²) in [6.45, 7) is 1.53. The molecule has 1 saturated heterocycles. The molecule has 4 rings (SSSR count). The van der Waals surface area contributed by atoms with Gasteiger partial charge in [-0.2, -0.15) is 0 Å². The molecular weight excluding hydrogens is 338 g/mol. The molecule has 27 heavy (non-hydrogen) atoms. The molecule has 1 aliphatic heterocycles. The van der Waals surface area contributed by atoms with Crippen molar-refractivity contribution in [3.05, 3.63) is 34.7 Å². The predicted octanol–water partition coefficient (Wildman–Crippen LogP) is 4.24. The van der Waals surface area contributed by atoms with Crippen molar-refractivity contribution in [2.45, 2.75) is 70.3 Å². The lowest BCUT2D eigenvalue weighted by Gasteiger charge is -2.32. The number of para-hydroxylation sites is 2. The van der Waals surface area contributed by atoms with Crippen molar-refractivity contribution in [1.82, 2.24) is 14.5 Å². The van der Waals surface area contributed by atoms with E-state index in [0.29, 0.717) is 12.3 Å². The number of fused-ring (bicyclic) bond motifs is 1. The predicted molar refractivity (Wildman–Crippen MR) is 108 cm³/mol. The molecule has 5 heteroatoms. The van der Waals surface area contributed by atoms with Gasteiger partial charge in [-0.3, -0.25) is 9.36 Å². The van der Waals surface area contributed by atoms with E-state index in [1.165, 1.54) is 38.5 Å². The van der Waals surface area contributed by atoms with E-state index in [1.54, 1.807) is 0 Å². The van der Waals surface area contributed by atoms with Crippen LogP contribution in [0.1, 0.15) is 70.3 Å².